The third kappa shape index (κ3) is 3.15. The number of ether oxygens (including phenoxy) is 1. The molecule has 0 bridgehead atoms. The van der Waals surface area contributed by atoms with Crippen LogP contribution in [0.25, 0.3) is 16.7 Å². The summed E-state index contributed by atoms with van der Waals surface area (Å²) in [5.74, 6) is -0.0958. The van der Waals surface area contributed by atoms with Gasteiger partial charge in [-0.1, -0.05) is 18.2 Å². The fourth-order valence-corrected chi connectivity index (χ4v) is 2.82. The first-order chi connectivity index (χ1) is 12.4. The lowest BCUT2D eigenvalue weighted by Gasteiger charge is -2.12. The van der Waals surface area contributed by atoms with Crippen molar-refractivity contribution in [1.29, 1.82) is 0 Å². The van der Waals surface area contributed by atoms with Crippen molar-refractivity contribution >= 4 is 28.6 Å². The number of pyridine rings is 1. The second-order valence-corrected chi connectivity index (χ2v) is 5.99. The molecule has 0 spiro atoms. The number of anilines is 1. The number of aromatic nitrogens is 3. The van der Waals surface area contributed by atoms with Gasteiger partial charge in [0.05, 0.1) is 18.3 Å². The zero-order valence-electron chi connectivity index (χ0n) is 15.2. The summed E-state index contributed by atoms with van der Waals surface area (Å²) < 4.78 is 6.50. The second kappa shape index (κ2) is 6.95. The van der Waals surface area contributed by atoms with Crippen LogP contribution >= 0.6 is 0 Å². The van der Waals surface area contributed by atoms with Gasteiger partial charge in [-0.25, -0.2) is 9.78 Å². The van der Waals surface area contributed by atoms with Gasteiger partial charge in [-0.2, -0.15) is 9.78 Å². The Labute approximate surface area is 151 Å². The summed E-state index contributed by atoms with van der Waals surface area (Å²) in [6.45, 7) is 7.30. The van der Waals surface area contributed by atoms with Crippen LogP contribution < -0.4 is 5.32 Å². The van der Waals surface area contributed by atoms with Crippen molar-refractivity contribution in [2.75, 3.05) is 11.9 Å². The molecule has 3 aromatic rings. The quantitative estimate of drug-likeness (QED) is 0.729. The van der Waals surface area contributed by atoms with E-state index in [0.29, 0.717) is 5.82 Å². The van der Waals surface area contributed by atoms with Crippen molar-refractivity contribution in [2.45, 2.75) is 27.7 Å². The number of aryl methyl sites for hydroxylation is 2. The summed E-state index contributed by atoms with van der Waals surface area (Å²) in [4.78, 5) is 28.5. The monoisotopic (exact) mass is 352 g/mol. The smallest absolute Gasteiger partial charge is 0.343 e. The maximum Gasteiger partial charge on any atom is 0.343 e. The number of nitrogens with one attached hydrogen (secondary N) is 1. The lowest BCUT2D eigenvalue weighted by Crippen LogP contribution is -2.15. The number of nitrogens with zero attached hydrogens (tertiary/aromatic N) is 3. The number of carbonyl (C=O) groups is 2. The Morgan fingerprint density at radius 2 is 2.00 bits per heavy atom. The van der Waals surface area contributed by atoms with Gasteiger partial charge in [-0.3, -0.25) is 4.79 Å². The molecular formula is C19H20N4O3. The number of benzene rings is 1. The Kier molecular flexibility index (Phi) is 4.71. The van der Waals surface area contributed by atoms with Crippen LogP contribution in [0.3, 0.4) is 0 Å². The maximum atomic E-state index is 12.2. The minimum atomic E-state index is -0.545. The van der Waals surface area contributed by atoms with E-state index < -0.39 is 5.97 Å². The SMILES string of the molecule is CCOC(=O)c1cnn(-c2cc(C)c3cccc(C)c3n2)c1NC(C)=O. The summed E-state index contributed by atoms with van der Waals surface area (Å²) in [5.41, 5.74) is 3.10. The summed E-state index contributed by atoms with van der Waals surface area (Å²) in [6.07, 6.45) is 1.38. The number of rotatable bonds is 4. The Bertz CT molecular complexity index is 1010. The molecule has 0 fully saturated rings. The van der Waals surface area contributed by atoms with E-state index in [1.54, 1.807) is 6.92 Å². The number of hydrogen-bond acceptors (Lipinski definition) is 5. The van der Waals surface area contributed by atoms with Crippen molar-refractivity contribution in [2.24, 2.45) is 0 Å². The molecule has 0 atom stereocenters. The molecule has 7 nitrogen and oxygen atoms in total. The van der Waals surface area contributed by atoms with Crippen LogP contribution in [0.4, 0.5) is 5.82 Å². The van der Waals surface area contributed by atoms with E-state index in [2.05, 4.69) is 15.4 Å². The first-order valence-electron chi connectivity index (χ1n) is 8.32. The van der Waals surface area contributed by atoms with Crippen LogP contribution in [0.1, 0.15) is 35.3 Å². The number of para-hydroxylation sites is 1. The Balaban J connectivity index is 2.20. The standard InChI is InChI=1S/C19H20N4O3/c1-5-26-19(25)15-10-20-23(18(15)21-13(4)24)16-9-12(3)14-8-6-7-11(2)17(14)22-16/h6-10H,5H2,1-4H3,(H,21,24). The van der Waals surface area contributed by atoms with E-state index in [0.717, 1.165) is 22.0 Å². The van der Waals surface area contributed by atoms with Crippen LogP contribution in [-0.2, 0) is 9.53 Å². The zero-order valence-corrected chi connectivity index (χ0v) is 15.2. The van der Waals surface area contributed by atoms with Crippen LogP contribution in [0.15, 0.2) is 30.5 Å². The fraction of sp³-hybridized carbons (Fsp3) is 0.263. The van der Waals surface area contributed by atoms with E-state index in [9.17, 15) is 9.59 Å². The van der Waals surface area contributed by atoms with Gasteiger partial charge < -0.3 is 10.1 Å². The molecule has 7 heteroatoms. The average molecular weight is 352 g/mol. The minimum Gasteiger partial charge on any atom is -0.462 e. The highest BCUT2D eigenvalue weighted by Gasteiger charge is 2.21. The Hall–Kier alpha value is -3.22. The van der Waals surface area contributed by atoms with Crippen LogP contribution in [0, 0.1) is 13.8 Å². The highest BCUT2D eigenvalue weighted by molar-refractivity contribution is 6.00. The molecule has 1 aromatic carbocycles. The molecule has 0 aliphatic rings. The van der Waals surface area contributed by atoms with Gasteiger partial charge in [0.25, 0.3) is 0 Å². The molecular weight excluding hydrogens is 332 g/mol. The molecule has 3 rings (SSSR count). The molecule has 2 aromatic heterocycles. The average Bonchev–Trinajstić information content (AvgIpc) is 2.99. The normalized spacial score (nSPS) is 10.8. The largest absolute Gasteiger partial charge is 0.462 e. The van der Waals surface area contributed by atoms with Crippen molar-refractivity contribution in [1.82, 2.24) is 14.8 Å². The van der Waals surface area contributed by atoms with E-state index in [-0.39, 0.29) is 23.9 Å². The highest BCUT2D eigenvalue weighted by atomic mass is 16.5. The number of hydrogen-bond donors (Lipinski definition) is 1. The van der Waals surface area contributed by atoms with Crippen molar-refractivity contribution < 1.29 is 14.3 Å². The molecule has 26 heavy (non-hydrogen) atoms. The van der Waals surface area contributed by atoms with Crippen LogP contribution in [0.2, 0.25) is 0 Å². The van der Waals surface area contributed by atoms with Gasteiger partial charge in [-0.15, -0.1) is 0 Å². The second-order valence-electron chi connectivity index (χ2n) is 5.99. The van der Waals surface area contributed by atoms with Crippen LogP contribution in [0.5, 0.6) is 0 Å². The van der Waals surface area contributed by atoms with Crippen molar-refractivity contribution in [3.8, 4) is 5.82 Å². The van der Waals surface area contributed by atoms with Gasteiger partial charge >= 0.3 is 5.97 Å². The first-order valence-corrected chi connectivity index (χ1v) is 8.32. The lowest BCUT2D eigenvalue weighted by atomic mass is 10.1. The van der Waals surface area contributed by atoms with Gasteiger partial charge in [0.2, 0.25) is 5.91 Å². The summed E-state index contributed by atoms with van der Waals surface area (Å²) in [7, 11) is 0. The molecule has 0 radical (unpaired) electrons. The number of fused-ring (bicyclic) bond motifs is 1. The Morgan fingerprint density at radius 3 is 2.69 bits per heavy atom. The zero-order chi connectivity index (χ0) is 18.8. The van der Waals surface area contributed by atoms with Gasteiger partial charge in [-0.05, 0) is 38.0 Å². The van der Waals surface area contributed by atoms with Gasteiger partial charge in [0.1, 0.15) is 5.56 Å². The number of amides is 1. The number of carbonyl (C=O) groups excluding carboxylic acids is 2. The van der Waals surface area contributed by atoms with Gasteiger partial charge in [0.15, 0.2) is 11.6 Å². The van der Waals surface area contributed by atoms with E-state index in [1.165, 1.54) is 17.8 Å². The topological polar surface area (TPSA) is 86.1 Å². The van der Waals surface area contributed by atoms with Gasteiger partial charge in [0, 0.05) is 12.3 Å². The number of esters is 1. The predicted octanol–water partition coefficient (Wildman–Crippen LogP) is 3.17. The molecule has 2 heterocycles. The van der Waals surface area contributed by atoms with E-state index in [1.807, 2.05) is 38.1 Å². The Morgan fingerprint density at radius 1 is 1.23 bits per heavy atom. The van der Waals surface area contributed by atoms with E-state index >= 15 is 0 Å². The van der Waals surface area contributed by atoms with Crippen molar-refractivity contribution in [3.63, 3.8) is 0 Å². The third-order valence-electron chi connectivity index (χ3n) is 4.01. The molecule has 0 unspecified atom stereocenters. The molecule has 0 aliphatic heterocycles. The summed E-state index contributed by atoms with van der Waals surface area (Å²) in [6, 6.07) is 7.85. The third-order valence-corrected chi connectivity index (χ3v) is 4.01. The van der Waals surface area contributed by atoms with Crippen LogP contribution in [-0.4, -0.2) is 33.2 Å². The molecule has 0 aliphatic carbocycles. The molecule has 1 amide bonds. The predicted molar refractivity (Wildman–Crippen MR) is 98.6 cm³/mol. The summed E-state index contributed by atoms with van der Waals surface area (Å²) in [5, 5.41) is 7.97. The first kappa shape index (κ1) is 17.6. The summed E-state index contributed by atoms with van der Waals surface area (Å²) >= 11 is 0. The lowest BCUT2D eigenvalue weighted by molar-refractivity contribution is -0.114. The minimum absolute atomic E-state index is 0.186. The molecule has 0 saturated carbocycles. The molecule has 0 saturated heterocycles. The van der Waals surface area contributed by atoms with Crippen molar-refractivity contribution in [3.05, 3.63) is 47.2 Å². The maximum absolute atomic E-state index is 12.2. The molecule has 134 valence electrons. The highest BCUT2D eigenvalue weighted by Crippen LogP contribution is 2.25. The fourth-order valence-electron chi connectivity index (χ4n) is 2.82. The van der Waals surface area contributed by atoms with E-state index in [4.69, 9.17) is 4.74 Å². The molecule has 1 N–H and O–H groups in total.